The Kier molecular flexibility index (Phi) is 6.22. The SMILES string of the molecule is COc1ccc(C(=O)O[C@H](C)C(=O)Nc2cc(Cl)cc(Cl)c2)c(F)c1. The van der Waals surface area contributed by atoms with Gasteiger partial charge in [-0.2, -0.15) is 0 Å². The molecule has 1 N–H and O–H groups in total. The molecule has 132 valence electrons. The van der Waals surface area contributed by atoms with Crippen LogP contribution in [0.15, 0.2) is 36.4 Å². The van der Waals surface area contributed by atoms with Gasteiger partial charge < -0.3 is 14.8 Å². The Balaban J connectivity index is 2.04. The number of carbonyl (C=O) groups excluding carboxylic acids is 2. The molecule has 0 spiro atoms. The number of esters is 1. The topological polar surface area (TPSA) is 64.6 Å². The maximum absolute atomic E-state index is 13.9. The van der Waals surface area contributed by atoms with Gasteiger partial charge in [-0.25, -0.2) is 9.18 Å². The van der Waals surface area contributed by atoms with Crippen molar-refractivity contribution in [1.29, 1.82) is 0 Å². The maximum atomic E-state index is 13.9. The van der Waals surface area contributed by atoms with Crippen LogP contribution in [0.2, 0.25) is 10.0 Å². The zero-order valence-electron chi connectivity index (χ0n) is 13.3. The van der Waals surface area contributed by atoms with Gasteiger partial charge in [0.1, 0.15) is 11.6 Å². The first-order chi connectivity index (χ1) is 11.8. The van der Waals surface area contributed by atoms with E-state index in [2.05, 4.69) is 5.32 Å². The number of anilines is 1. The molecule has 2 aromatic carbocycles. The Morgan fingerprint density at radius 3 is 2.32 bits per heavy atom. The summed E-state index contributed by atoms with van der Waals surface area (Å²) in [5, 5.41) is 3.20. The quantitative estimate of drug-likeness (QED) is 0.778. The van der Waals surface area contributed by atoms with Gasteiger partial charge in [-0.1, -0.05) is 23.2 Å². The van der Waals surface area contributed by atoms with Crippen LogP contribution in [0.5, 0.6) is 5.75 Å². The maximum Gasteiger partial charge on any atom is 0.341 e. The van der Waals surface area contributed by atoms with Gasteiger partial charge in [0.15, 0.2) is 6.10 Å². The number of halogens is 3. The van der Waals surface area contributed by atoms with Gasteiger partial charge in [-0.15, -0.1) is 0 Å². The van der Waals surface area contributed by atoms with Crippen LogP contribution in [0.4, 0.5) is 10.1 Å². The molecule has 1 atom stereocenters. The van der Waals surface area contributed by atoms with Gasteiger partial charge in [0.2, 0.25) is 0 Å². The highest BCUT2D eigenvalue weighted by atomic mass is 35.5. The third-order valence-corrected chi connectivity index (χ3v) is 3.62. The van der Waals surface area contributed by atoms with Crippen LogP contribution in [-0.4, -0.2) is 25.1 Å². The molecule has 0 fully saturated rings. The molecule has 2 rings (SSSR count). The molecule has 0 aliphatic carbocycles. The van der Waals surface area contributed by atoms with Gasteiger partial charge in [-0.3, -0.25) is 4.79 Å². The Hall–Kier alpha value is -2.31. The lowest BCUT2D eigenvalue weighted by molar-refractivity contribution is -0.123. The van der Waals surface area contributed by atoms with Crippen molar-refractivity contribution in [2.75, 3.05) is 12.4 Å². The zero-order chi connectivity index (χ0) is 18.6. The van der Waals surface area contributed by atoms with E-state index in [0.29, 0.717) is 15.7 Å². The van der Waals surface area contributed by atoms with Crippen LogP contribution < -0.4 is 10.1 Å². The minimum Gasteiger partial charge on any atom is -0.497 e. The number of rotatable bonds is 5. The first-order valence-corrected chi connectivity index (χ1v) is 7.87. The second-order valence-electron chi connectivity index (χ2n) is 5.04. The average Bonchev–Trinajstić information content (AvgIpc) is 2.53. The van der Waals surface area contributed by atoms with Crippen LogP contribution in [0, 0.1) is 5.82 Å². The van der Waals surface area contributed by atoms with Crippen LogP contribution >= 0.6 is 23.2 Å². The minimum atomic E-state index is -1.16. The number of carbonyl (C=O) groups is 2. The van der Waals surface area contributed by atoms with Crippen molar-refractivity contribution in [2.45, 2.75) is 13.0 Å². The standard InChI is InChI=1S/C17H14Cl2FNO4/c1-9(16(22)21-12-6-10(18)5-11(19)7-12)25-17(23)14-4-3-13(24-2)8-15(14)20/h3-9H,1-2H3,(H,21,22)/t9-/m1/s1. The van der Waals surface area contributed by atoms with Crippen LogP contribution in [0.3, 0.4) is 0 Å². The van der Waals surface area contributed by atoms with E-state index >= 15 is 0 Å². The zero-order valence-corrected chi connectivity index (χ0v) is 14.8. The molecular formula is C17H14Cl2FNO4. The van der Waals surface area contributed by atoms with Crippen molar-refractivity contribution in [3.8, 4) is 5.75 Å². The third-order valence-electron chi connectivity index (χ3n) is 3.18. The van der Waals surface area contributed by atoms with Crippen LogP contribution in [0.1, 0.15) is 17.3 Å². The number of hydrogen-bond donors (Lipinski definition) is 1. The smallest absolute Gasteiger partial charge is 0.341 e. The molecule has 0 aliphatic heterocycles. The normalized spacial score (nSPS) is 11.6. The second kappa shape index (κ2) is 8.18. The van der Waals surface area contributed by atoms with Gasteiger partial charge in [-0.05, 0) is 37.3 Å². The van der Waals surface area contributed by atoms with E-state index in [-0.39, 0.29) is 11.3 Å². The van der Waals surface area contributed by atoms with Gasteiger partial charge >= 0.3 is 5.97 Å². The molecule has 0 heterocycles. The summed E-state index contributed by atoms with van der Waals surface area (Å²) in [6.07, 6.45) is -1.16. The van der Waals surface area contributed by atoms with E-state index in [9.17, 15) is 14.0 Å². The molecule has 0 unspecified atom stereocenters. The predicted molar refractivity (Wildman–Crippen MR) is 92.9 cm³/mol. The average molecular weight is 386 g/mol. The molecule has 0 radical (unpaired) electrons. The predicted octanol–water partition coefficient (Wildman–Crippen LogP) is 4.33. The van der Waals surface area contributed by atoms with E-state index in [1.54, 1.807) is 0 Å². The van der Waals surface area contributed by atoms with E-state index in [0.717, 1.165) is 6.07 Å². The summed E-state index contributed by atoms with van der Waals surface area (Å²) in [7, 11) is 1.38. The van der Waals surface area contributed by atoms with Crippen molar-refractivity contribution in [2.24, 2.45) is 0 Å². The number of amides is 1. The van der Waals surface area contributed by atoms with Crippen molar-refractivity contribution in [3.63, 3.8) is 0 Å². The fraction of sp³-hybridized carbons (Fsp3) is 0.176. The highest BCUT2D eigenvalue weighted by Crippen LogP contribution is 2.23. The third kappa shape index (κ3) is 5.08. The lowest BCUT2D eigenvalue weighted by atomic mass is 10.2. The number of benzene rings is 2. The summed E-state index contributed by atoms with van der Waals surface area (Å²) in [6, 6.07) is 8.17. The number of ether oxygens (including phenoxy) is 2. The number of hydrogen-bond acceptors (Lipinski definition) is 4. The molecule has 5 nitrogen and oxygen atoms in total. The lowest BCUT2D eigenvalue weighted by Crippen LogP contribution is -2.30. The van der Waals surface area contributed by atoms with Crippen molar-refractivity contribution < 1.29 is 23.5 Å². The Labute approximate surface area is 153 Å². The number of nitrogens with one attached hydrogen (secondary N) is 1. The molecule has 0 saturated carbocycles. The molecule has 0 bridgehead atoms. The molecule has 1 amide bonds. The number of methoxy groups -OCH3 is 1. The summed E-state index contributed by atoms with van der Waals surface area (Å²) in [4.78, 5) is 24.1. The second-order valence-corrected chi connectivity index (χ2v) is 5.91. The summed E-state index contributed by atoms with van der Waals surface area (Å²) < 4.78 is 23.7. The Morgan fingerprint density at radius 1 is 1.12 bits per heavy atom. The van der Waals surface area contributed by atoms with Crippen LogP contribution in [0.25, 0.3) is 0 Å². The van der Waals surface area contributed by atoms with Gasteiger partial charge in [0.25, 0.3) is 5.91 Å². The largest absolute Gasteiger partial charge is 0.497 e. The summed E-state index contributed by atoms with van der Waals surface area (Å²) in [5.74, 6) is -2.12. The highest BCUT2D eigenvalue weighted by molar-refractivity contribution is 6.35. The molecule has 25 heavy (non-hydrogen) atoms. The van der Waals surface area contributed by atoms with E-state index in [1.165, 1.54) is 44.4 Å². The van der Waals surface area contributed by atoms with Crippen molar-refractivity contribution in [3.05, 3.63) is 57.8 Å². The van der Waals surface area contributed by atoms with Crippen molar-refractivity contribution >= 4 is 40.8 Å². The highest BCUT2D eigenvalue weighted by Gasteiger charge is 2.21. The van der Waals surface area contributed by atoms with Crippen molar-refractivity contribution in [1.82, 2.24) is 0 Å². The van der Waals surface area contributed by atoms with Crippen LogP contribution in [-0.2, 0) is 9.53 Å². The van der Waals surface area contributed by atoms with Gasteiger partial charge in [0.05, 0.1) is 12.7 Å². The summed E-state index contributed by atoms with van der Waals surface area (Å²) in [6.45, 7) is 1.36. The Morgan fingerprint density at radius 2 is 1.76 bits per heavy atom. The molecular weight excluding hydrogens is 372 g/mol. The molecule has 2 aromatic rings. The molecule has 0 aromatic heterocycles. The van der Waals surface area contributed by atoms with E-state index in [1.807, 2.05) is 0 Å². The minimum absolute atomic E-state index is 0.262. The monoisotopic (exact) mass is 385 g/mol. The lowest BCUT2D eigenvalue weighted by Gasteiger charge is -2.14. The Bertz CT molecular complexity index is 793. The summed E-state index contributed by atoms with van der Waals surface area (Å²) in [5.41, 5.74) is 0.0484. The summed E-state index contributed by atoms with van der Waals surface area (Å²) >= 11 is 11.7. The first kappa shape index (κ1) is 19.0. The fourth-order valence-corrected chi connectivity index (χ4v) is 2.46. The molecule has 0 saturated heterocycles. The fourth-order valence-electron chi connectivity index (χ4n) is 1.94. The molecule has 8 heteroatoms. The first-order valence-electron chi connectivity index (χ1n) is 7.11. The molecule has 0 aliphatic rings. The van der Waals surface area contributed by atoms with E-state index in [4.69, 9.17) is 32.7 Å². The van der Waals surface area contributed by atoms with Gasteiger partial charge in [0, 0.05) is 21.8 Å². The van der Waals surface area contributed by atoms with E-state index < -0.39 is 23.8 Å².